The summed E-state index contributed by atoms with van der Waals surface area (Å²) in [5, 5.41) is 9.75. The van der Waals surface area contributed by atoms with Gasteiger partial charge in [0, 0.05) is 18.4 Å². The van der Waals surface area contributed by atoms with E-state index < -0.39 is 6.10 Å². The first kappa shape index (κ1) is 13.1. The molecule has 1 aromatic heterocycles. The number of nitrogens with zero attached hydrogens (tertiary/aromatic N) is 2. The Balaban J connectivity index is 2.03. The number of hydrogen-bond donors (Lipinski definition) is 1. The molecule has 0 bridgehead atoms. The van der Waals surface area contributed by atoms with Crippen molar-refractivity contribution < 1.29 is 5.11 Å². The van der Waals surface area contributed by atoms with Crippen molar-refractivity contribution in [3.05, 3.63) is 53.7 Å². The Morgan fingerprint density at radius 3 is 2.90 bits per heavy atom. The summed E-state index contributed by atoms with van der Waals surface area (Å²) in [6, 6.07) is 12.4. The molecule has 2 heterocycles. The summed E-state index contributed by atoms with van der Waals surface area (Å²) < 4.78 is 0. The Kier molecular flexibility index (Phi) is 3.70. The molecule has 1 aliphatic heterocycles. The van der Waals surface area contributed by atoms with E-state index >= 15 is 0 Å². The standard InChI is InChI=1S/C17H20N2O/c1-13(20)15-9-10-18-17(12-15)19-11-5-4-7-14-6-2-3-8-16(14)19/h2-3,6,8-10,12-13,20H,4-5,7,11H2,1H3/t13-/m1/s1. The van der Waals surface area contributed by atoms with Gasteiger partial charge in [-0.05, 0) is 55.5 Å². The molecule has 20 heavy (non-hydrogen) atoms. The first-order valence-corrected chi connectivity index (χ1v) is 7.25. The highest BCUT2D eigenvalue weighted by molar-refractivity contribution is 5.64. The monoisotopic (exact) mass is 268 g/mol. The lowest BCUT2D eigenvalue weighted by Crippen LogP contribution is -2.19. The van der Waals surface area contributed by atoms with E-state index in [2.05, 4.69) is 34.1 Å². The maximum absolute atomic E-state index is 9.75. The lowest BCUT2D eigenvalue weighted by atomic mass is 10.1. The summed E-state index contributed by atoms with van der Waals surface area (Å²) in [6.07, 6.45) is 4.82. The summed E-state index contributed by atoms with van der Waals surface area (Å²) in [7, 11) is 0. The molecular formula is C17H20N2O. The number of aliphatic hydroxyl groups is 1. The van der Waals surface area contributed by atoms with Crippen LogP contribution in [-0.2, 0) is 6.42 Å². The lowest BCUT2D eigenvalue weighted by molar-refractivity contribution is 0.199. The second kappa shape index (κ2) is 5.63. The fourth-order valence-corrected chi connectivity index (χ4v) is 2.77. The average molecular weight is 268 g/mol. The third-order valence-electron chi connectivity index (χ3n) is 3.89. The Morgan fingerprint density at radius 1 is 1.20 bits per heavy atom. The van der Waals surface area contributed by atoms with Crippen molar-refractivity contribution in [1.82, 2.24) is 4.98 Å². The molecule has 0 amide bonds. The number of benzene rings is 1. The second-order valence-corrected chi connectivity index (χ2v) is 5.36. The number of rotatable bonds is 2. The van der Waals surface area contributed by atoms with E-state index in [9.17, 15) is 5.11 Å². The number of hydrogen-bond acceptors (Lipinski definition) is 3. The van der Waals surface area contributed by atoms with Crippen LogP contribution in [0.2, 0.25) is 0 Å². The van der Waals surface area contributed by atoms with Crippen LogP contribution in [0.5, 0.6) is 0 Å². The van der Waals surface area contributed by atoms with Gasteiger partial charge in [0.2, 0.25) is 0 Å². The Labute approximate surface area is 119 Å². The number of aliphatic hydroxyl groups excluding tert-OH is 1. The third kappa shape index (κ3) is 2.54. The van der Waals surface area contributed by atoms with Gasteiger partial charge in [-0.1, -0.05) is 18.2 Å². The average Bonchev–Trinajstić information content (AvgIpc) is 2.69. The summed E-state index contributed by atoms with van der Waals surface area (Å²) in [4.78, 5) is 6.77. The van der Waals surface area contributed by atoms with Crippen LogP contribution in [0.1, 0.15) is 37.0 Å². The SMILES string of the molecule is C[C@@H](O)c1ccnc(N2CCCCc3ccccc32)c1. The van der Waals surface area contributed by atoms with Crippen molar-refractivity contribution in [3.8, 4) is 0 Å². The van der Waals surface area contributed by atoms with E-state index in [0.717, 1.165) is 30.8 Å². The zero-order chi connectivity index (χ0) is 13.9. The number of fused-ring (bicyclic) bond motifs is 1. The molecule has 3 nitrogen and oxygen atoms in total. The fourth-order valence-electron chi connectivity index (χ4n) is 2.77. The van der Waals surface area contributed by atoms with Gasteiger partial charge in [-0.3, -0.25) is 0 Å². The van der Waals surface area contributed by atoms with Crippen LogP contribution in [0.15, 0.2) is 42.6 Å². The van der Waals surface area contributed by atoms with Crippen LogP contribution in [0.4, 0.5) is 11.5 Å². The smallest absolute Gasteiger partial charge is 0.133 e. The predicted octanol–water partition coefficient (Wildman–Crippen LogP) is 3.61. The molecule has 1 aromatic carbocycles. The zero-order valence-electron chi connectivity index (χ0n) is 11.8. The molecular weight excluding hydrogens is 248 g/mol. The second-order valence-electron chi connectivity index (χ2n) is 5.36. The minimum Gasteiger partial charge on any atom is -0.389 e. The van der Waals surface area contributed by atoms with Crippen LogP contribution in [-0.4, -0.2) is 16.6 Å². The van der Waals surface area contributed by atoms with E-state index in [-0.39, 0.29) is 0 Å². The van der Waals surface area contributed by atoms with Crippen LogP contribution < -0.4 is 4.90 Å². The minimum absolute atomic E-state index is 0.459. The van der Waals surface area contributed by atoms with Crippen LogP contribution in [0, 0.1) is 0 Å². The lowest BCUT2D eigenvalue weighted by Gasteiger charge is -2.24. The van der Waals surface area contributed by atoms with Gasteiger partial charge in [0.15, 0.2) is 0 Å². The molecule has 0 unspecified atom stereocenters. The molecule has 104 valence electrons. The molecule has 1 atom stereocenters. The Morgan fingerprint density at radius 2 is 2.05 bits per heavy atom. The van der Waals surface area contributed by atoms with Gasteiger partial charge in [-0.25, -0.2) is 4.98 Å². The van der Waals surface area contributed by atoms with Gasteiger partial charge in [-0.15, -0.1) is 0 Å². The van der Waals surface area contributed by atoms with Gasteiger partial charge in [0.1, 0.15) is 5.82 Å². The molecule has 0 saturated carbocycles. The topological polar surface area (TPSA) is 36.4 Å². The van der Waals surface area contributed by atoms with Crippen LogP contribution in [0.25, 0.3) is 0 Å². The molecule has 0 fully saturated rings. The van der Waals surface area contributed by atoms with E-state index in [0.29, 0.717) is 0 Å². The van der Waals surface area contributed by atoms with E-state index in [4.69, 9.17) is 0 Å². The first-order valence-electron chi connectivity index (χ1n) is 7.25. The fraction of sp³-hybridized carbons (Fsp3) is 0.353. The van der Waals surface area contributed by atoms with E-state index in [1.54, 1.807) is 13.1 Å². The molecule has 1 N–H and O–H groups in total. The van der Waals surface area contributed by atoms with Crippen molar-refractivity contribution in [2.45, 2.75) is 32.3 Å². The molecule has 3 heteroatoms. The van der Waals surface area contributed by atoms with E-state index in [1.165, 1.54) is 17.7 Å². The van der Waals surface area contributed by atoms with Gasteiger partial charge in [0.25, 0.3) is 0 Å². The van der Waals surface area contributed by atoms with Crippen molar-refractivity contribution in [1.29, 1.82) is 0 Å². The molecule has 1 aliphatic rings. The molecule has 0 spiro atoms. The molecule has 0 radical (unpaired) electrons. The maximum atomic E-state index is 9.75. The normalized spacial score (nSPS) is 16.4. The van der Waals surface area contributed by atoms with Gasteiger partial charge < -0.3 is 10.0 Å². The minimum atomic E-state index is -0.459. The predicted molar refractivity (Wildman–Crippen MR) is 81.3 cm³/mol. The van der Waals surface area contributed by atoms with Crippen molar-refractivity contribution >= 4 is 11.5 Å². The van der Waals surface area contributed by atoms with Crippen molar-refractivity contribution in [2.24, 2.45) is 0 Å². The summed E-state index contributed by atoms with van der Waals surface area (Å²) in [5.41, 5.74) is 3.55. The highest BCUT2D eigenvalue weighted by Crippen LogP contribution is 2.32. The first-order chi connectivity index (χ1) is 9.75. The third-order valence-corrected chi connectivity index (χ3v) is 3.89. The summed E-state index contributed by atoms with van der Waals surface area (Å²) >= 11 is 0. The van der Waals surface area contributed by atoms with Crippen LogP contribution >= 0.6 is 0 Å². The molecule has 2 aromatic rings. The largest absolute Gasteiger partial charge is 0.389 e. The summed E-state index contributed by atoms with van der Waals surface area (Å²) in [5.74, 6) is 0.928. The zero-order valence-corrected chi connectivity index (χ0v) is 11.8. The van der Waals surface area contributed by atoms with Gasteiger partial charge in [0.05, 0.1) is 6.10 Å². The van der Waals surface area contributed by atoms with E-state index in [1.807, 2.05) is 12.1 Å². The van der Waals surface area contributed by atoms with Crippen LogP contribution in [0.3, 0.4) is 0 Å². The number of anilines is 2. The number of aromatic nitrogens is 1. The van der Waals surface area contributed by atoms with Gasteiger partial charge in [-0.2, -0.15) is 0 Å². The summed E-state index contributed by atoms with van der Waals surface area (Å²) in [6.45, 7) is 2.77. The highest BCUT2D eigenvalue weighted by Gasteiger charge is 2.17. The molecule has 0 aliphatic carbocycles. The Hall–Kier alpha value is -1.87. The molecule has 0 saturated heterocycles. The number of para-hydroxylation sites is 1. The highest BCUT2D eigenvalue weighted by atomic mass is 16.3. The quantitative estimate of drug-likeness (QED) is 0.904. The molecule has 3 rings (SSSR count). The number of pyridine rings is 1. The van der Waals surface area contributed by atoms with Gasteiger partial charge >= 0.3 is 0 Å². The Bertz CT molecular complexity index is 595. The maximum Gasteiger partial charge on any atom is 0.133 e. The van der Waals surface area contributed by atoms with Crippen molar-refractivity contribution in [2.75, 3.05) is 11.4 Å². The van der Waals surface area contributed by atoms with Crippen molar-refractivity contribution in [3.63, 3.8) is 0 Å². The number of aryl methyl sites for hydroxylation is 1.